The molecule has 3 aromatic carbocycles. The summed E-state index contributed by atoms with van der Waals surface area (Å²) in [6.07, 6.45) is 0.886. The number of nitrogens with zero attached hydrogens (tertiary/aromatic N) is 4. The molecule has 6 nitrogen and oxygen atoms in total. The Morgan fingerprint density at radius 1 is 1.00 bits per heavy atom. The van der Waals surface area contributed by atoms with E-state index < -0.39 is 27.3 Å². The summed E-state index contributed by atoms with van der Waals surface area (Å²) in [6.45, 7) is 3.88. The van der Waals surface area contributed by atoms with Crippen LogP contribution >= 0.6 is 11.6 Å². The standard InChI is InChI=1S/C32H30ClF3N4O2S/c1-22-5-2-6-25(17-22)43(41,42)40-20-24-19-38(31(21-37)13-4-14-31)15-16-39(24)29-12-10-23(18-30(29)40)9-11-26-27(32(34,35)36)7-3-8-28(26)33/h2-3,5-12,17-18,24H,4,13-16,19-20H2,1H3/b11-9+/t24-/m0/s1. The first-order chi connectivity index (χ1) is 20.4. The highest BCUT2D eigenvalue weighted by Gasteiger charge is 2.48. The molecule has 1 atom stereocenters. The molecule has 1 saturated carbocycles. The molecule has 2 aliphatic heterocycles. The van der Waals surface area contributed by atoms with E-state index in [4.69, 9.17) is 11.6 Å². The van der Waals surface area contributed by atoms with Crippen LogP contribution < -0.4 is 9.21 Å². The molecular weight excluding hydrogens is 597 g/mol. The number of sulfonamides is 1. The van der Waals surface area contributed by atoms with Crippen molar-refractivity contribution < 1.29 is 21.6 Å². The van der Waals surface area contributed by atoms with Gasteiger partial charge in [0.2, 0.25) is 0 Å². The van der Waals surface area contributed by atoms with Gasteiger partial charge in [-0.2, -0.15) is 18.4 Å². The number of aryl methyl sites for hydroxylation is 1. The molecule has 2 fully saturated rings. The highest BCUT2D eigenvalue weighted by Crippen LogP contribution is 2.44. The maximum Gasteiger partial charge on any atom is 0.417 e. The van der Waals surface area contributed by atoms with E-state index in [-0.39, 0.29) is 28.1 Å². The molecule has 0 radical (unpaired) electrons. The monoisotopic (exact) mass is 626 g/mol. The SMILES string of the molecule is Cc1cccc(S(=O)(=O)N2C[C@@H]3CN(C4(C#N)CCC4)CCN3c3ccc(/C=C/c4c(Cl)cccc4C(F)(F)F)cc32)c1. The van der Waals surface area contributed by atoms with Crippen LogP contribution in [0.4, 0.5) is 24.5 Å². The quantitative estimate of drug-likeness (QED) is 0.286. The second kappa shape index (κ2) is 10.9. The van der Waals surface area contributed by atoms with Gasteiger partial charge in [0, 0.05) is 30.2 Å². The fourth-order valence-electron chi connectivity index (χ4n) is 6.37. The summed E-state index contributed by atoms with van der Waals surface area (Å²) in [5, 5.41) is 9.92. The van der Waals surface area contributed by atoms with Crippen molar-refractivity contribution in [3.8, 4) is 6.07 Å². The van der Waals surface area contributed by atoms with Crippen LogP contribution in [0.5, 0.6) is 0 Å². The van der Waals surface area contributed by atoms with Crippen molar-refractivity contribution in [3.05, 3.63) is 87.9 Å². The molecule has 3 aliphatic rings. The largest absolute Gasteiger partial charge is 0.417 e. The van der Waals surface area contributed by atoms with Gasteiger partial charge in [0.1, 0.15) is 5.54 Å². The van der Waals surface area contributed by atoms with E-state index in [2.05, 4.69) is 15.9 Å². The predicted octanol–water partition coefficient (Wildman–Crippen LogP) is 6.98. The van der Waals surface area contributed by atoms with Crippen molar-refractivity contribution in [2.24, 2.45) is 0 Å². The summed E-state index contributed by atoms with van der Waals surface area (Å²) in [6, 6.07) is 18.0. The summed E-state index contributed by atoms with van der Waals surface area (Å²) in [7, 11) is -3.99. The third-order valence-electron chi connectivity index (χ3n) is 8.81. The molecule has 0 aromatic heterocycles. The van der Waals surface area contributed by atoms with Gasteiger partial charge in [-0.25, -0.2) is 8.42 Å². The smallest absolute Gasteiger partial charge is 0.362 e. The number of benzene rings is 3. The topological polar surface area (TPSA) is 67.6 Å². The van der Waals surface area contributed by atoms with Crippen LogP contribution in [-0.2, 0) is 16.2 Å². The number of nitriles is 1. The van der Waals surface area contributed by atoms with Crippen LogP contribution in [0.3, 0.4) is 0 Å². The lowest BCUT2D eigenvalue weighted by molar-refractivity contribution is -0.137. The number of alkyl halides is 3. The van der Waals surface area contributed by atoms with Crippen LogP contribution in [0.25, 0.3) is 12.2 Å². The van der Waals surface area contributed by atoms with Gasteiger partial charge in [-0.1, -0.05) is 48.0 Å². The molecule has 3 aromatic rings. The summed E-state index contributed by atoms with van der Waals surface area (Å²) in [5.74, 6) is 0. The zero-order chi connectivity index (χ0) is 30.6. The maximum absolute atomic E-state index is 14.1. The summed E-state index contributed by atoms with van der Waals surface area (Å²) < 4.78 is 70.7. The Kier molecular flexibility index (Phi) is 7.48. The third kappa shape index (κ3) is 5.28. The third-order valence-corrected chi connectivity index (χ3v) is 10.9. The molecule has 1 saturated heterocycles. The Hall–Kier alpha value is -3.52. The molecule has 0 unspecified atom stereocenters. The van der Waals surface area contributed by atoms with Gasteiger partial charge < -0.3 is 4.90 Å². The van der Waals surface area contributed by atoms with Gasteiger partial charge in [0.05, 0.1) is 40.5 Å². The molecular formula is C32H30ClF3N4O2S. The van der Waals surface area contributed by atoms with Gasteiger partial charge in [-0.15, -0.1) is 0 Å². The second-order valence-corrected chi connectivity index (χ2v) is 13.7. The van der Waals surface area contributed by atoms with Crippen molar-refractivity contribution >= 4 is 45.2 Å². The van der Waals surface area contributed by atoms with E-state index in [9.17, 15) is 26.9 Å². The molecule has 0 bridgehead atoms. The fourth-order valence-corrected chi connectivity index (χ4v) is 8.22. The maximum atomic E-state index is 14.1. The summed E-state index contributed by atoms with van der Waals surface area (Å²) in [4.78, 5) is 4.57. The zero-order valence-electron chi connectivity index (χ0n) is 23.5. The second-order valence-electron chi connectivity index (χ2n) is 11.4. The molecule has 2 heterocycles. The Morgan fingerprint density at radius 2 is 1.77 bits per heavy atom. The lowest BCUT2D eigenvalue weighted by atomic mass is 9.76. The first kappa shape index (κ1) is 29.5. The van der Waals surface area contributed by atoms with E-state index >= 15 is 0 Å². The van der Waals surface area contributed by atoms with Crippen LogP contribution in [0.15, 0.2) is 65.6 Å². The van der Waals surface area contributed by atoms with Crippen LogP contribution in [0, 0.1) is 18.3 Å². The average molecular weight is 627 g/mol. The fraction of sp³-hybridized carbons (Fsp3) is 0.344. The van der Waals surface area contributed by atoms with Crippen molar-refractivity contribution in [3.63, 3.8) is 0 Å². The summed E-state index contributed by atoms with van der Waals surface area (Å²) >= 11 is 6.16. The molecule has 43 heavy (non-hydrogen) atoms. The lowest BCUT2D eigenvalue weighted by Crippen LogP contribution is -2.66. The molecule has 0 N–H and O–H groups in total. The number of anilines is 2. The Morgan fingerprint density at radius 3 is 2.44 bits per heavy atom. The number of hydrogen-bond donors (Lipinski definition) is 0. The van der Waals surface area contributed by atoms with Crippen molar-refractivity contribution in [1.82, 2.24) is 4.90 Å². The van der Waals surface area contributed by atoms with Crippen molar-refractivity contribution in [1.29, 1.82) is 5.26 Å². The number of halogens is 4. The van der Waals surface area contributed by atoms with Crippen molar-refractivity contribution in [2.45, 2.75) is 48.8 Å². The van der Waals surface area contributed by atoms with Gasteiger partial charge in [-0.05, 0) is 73.7 Å². The number of rotatable bonds is 5. The van der Waals surface area contributed by atoms with Crippen LogP contribution in [-0.4, -0.2) is 51.1 Å². The lowest BCUT2D eigenvalue weighted by Gasteiger charge is -2.54. The Balaban J connectivity index is 1.41. The Bertz CT molecular complexity index is 1750. The minimum atomic E-state index is -4.58. The average Bonchev–Trinajstić information content (AvgIpc) is 2.95. The van der Waals surface area contributed by atoms with Gasteiger partial charge in [0.15, 0.2) is 0 Å². The first-order valence-electron chi connectivity index (χ1n) is 14.1. The minimum Gasteiger partial charge on any atom is -0.362 e. The Labute approximate surface area is 254 Å². The number of hydrogen-bond acceptors (Lipinski definition) is 5. The summed E-state index contributed by atoms with van der Waals surface area (Å²) in [5.41, 5.74) is 1.04. The van der Waals surface area contributed by atoms with E-state index in [1.165, 1.54) is 28.6 Å². The van der Waals surface area contributed by atoms with Gasteiger partial charge >= 0.3 is 6.18 Å². The van der Waals surface area contributed by atoms with E-state index in [1.807, 2.05) is 19.1 Å². The minimum absolute atomic E-state index is 0.0324. The van der Waals surface area contributed by atoms with Crippen LogP contribution in [0.1, 0.15) is 41.5 Å². The van der Waals surface area contributed by atoms with Crippen LogP contribution in [0.2, 0.25) is 5.02 Å². The first-order valence-corrected chi connectivity index (χ1v) is 15.9. The molecule has 6 rings (SSSR count). The molecule has 0 spiro atoms. The molecule has 0 amide bonds. The number of piperazine rings is 1. The van der Waals surface area contributed by atoms with E-state index in [0.717, 1.165) is 36.6 Å². The van der Waals surface area contributed by atoms with Gasteiger partial charge in [0.25, 0.3) is 10.0 Å². The highest BCUT2D eigenvalue weighted by molar-refractivity contribution is 7.92. The van der Waals surface area contributed by atoms with E-state index in [1.54, 1.807) is 30.3 Å². The zero-order valence-corrected chi connectivity index (χ0v) is 25.1. The molecule has 11 heteroatoms. The molecule has 224 valence electrons. The van der Waals surface area contributed by atoms with E-state index in [0.29, 0.717) is 30.9 Å². The highest BCUT2D eigenvalue weighted by atomic mass is 35.5. The predicted molar refractivity (Wildman–Crippen MR) is 162 cm³/mol. The van der Waals surface area contributed by atoms with Gasteiger partial charge in [-0.3, -0.25) is 9.21 Å². The number of fused-ring (bicyclic) bond motifs is 3. The van der Waals surface area contributed by atoms with Crippen molar-refractivity contribution in [2.75, 3.05) is 35.4 Å². The normalized spacial score (nSPS) is 20.3. The molecule has 1 aliphatic carbocycles.